The molecule has 0 atom stereocenters. The quantitative estimate of drug-likeness (QED) is 0.744. The second-order valence-electron chi connectivity index (χ2n) is 3.95. The molecule has 0 bridgehead atoms. The third-order valence-electron chi connectivity index (χ3n) is 2.59. The van der Waals surface area contributed by atoms with Gasteiger partial charge in [-0.15, -0.1) is 11.3 Å². The van der Waals surface area contributed by atoms with Crippen molar-refractivity contribution in [1.82, 2.24) is 14.5 Å². The molecule has 0 fully saturated rings. The zero-order chi connectivity index (χ0) is 13.8. The number of hydrogen-bond donors (Lipinski definition) is 3. The summed E-state index contributed by atoms with van der Waals surface area (Å²) in [5.74, 6) is 0.159. The first-order chi connectivity index (χ1) is 9.13. The van der Waals surface area contributed by atoms with Crippen LogP contribution in [0.4, 0.5) is 11.5 Å². The number of nitrogens with zero attached hydrogens (tertiary/aromatic N) is 2. The molecule has 2 aromatic rings. The Morgan fingerprint density at radius 3 is 2.95 bits per heavy atom. The minimum absolute atomic E-state index is 0.159. The van der Waals surface area contributed by atoms with Crippen molar-refractivity contribution in [2.24, 2.45) is 0 Å². The fourth-order valence-electron chi connectivity index (χ4n) is 1.71. The second kappa shape index (κ2) is 5.70. The van der Waals surface area contributed by atoms with E-state index in [-0.39, 0.29) is 11.5 Å². The van der Waals surface area contributed by atoms with Crippen LogP contribution in [0, 0.1) is 0 Å². The lowest BCUT2D eigenvalue weighted by atomic mass is 10.4. The number of aromatic amines is 1. The summed E-state index contributed by atoms with van der Waals surface area (Å²) in [6.45, 7) is 2.79. The molecule has 2 rings (SSSR count). The molecule has 4 N–H and O–H groups in total. The molecule has 102 valence electrons. The highest BCUT2D eigenvalue weighted by Crippen LogP contribution is 2.13. The largest absolute Gasteiger partial charge is 0.383 e. The van der Waals surface area contributed by atoms with Gasteiger partial charge in [-0.2, -0.15) is 0 Å². The van der Waals surface area contributed by atoms with Gasteiger partial charge in [-0.1, -0.05) is 6.92 Å². The van der Waals surface area contributed by atoms with Gasteiger partial charge in [0.2, 0.25) is 0 Å². The van der Waals surface area contributed by atoms with E-state index in [0.717, 1.165) is 11.4 Å². The van der Waals surface area contributed by atoms with Crippen molar-refractivity contribution in [3.05, 3.63) is 37.4 Å². The van der Waals surface area contributed by atoms with Crippen molar-refractivity contribution in [2.75, 3.05) is 11.1 Å². The molecule has 2 aromatic heterocycles. The number of anilines is 2. The first-order valence-electron chi connectivity index (χ1n) is 5.88. The van der Waals surface area contributed by atoms with Gasteiger partial charge < -0.3 is 11.1 Å². The van der Waals surface area contributed by atoms with E-state index < -0.39 is 11.2 Å². The fourth-order valence-corrected chi connectivity index (χ4v) is 2.26. The summed E-state index contributed by atoms with van der Waals surface area (Å²) in [6.07, 6.45) is 2.44. The van der Waals surface area contributed by atoms with Crippen LogP contribution in [0.25, 0.3) is 0 Å². The van der Waals surface area contributed by atoms with Crippen molar-refractivity contribution in [1.29, 1.82) is 0 Å². The van der Waals surface area contributed by atoms with Crippen LogP contribution in [-0.2, 0) is 13.1 Å². The number of nitrogens with one attached hydrogen (secondary N) is 2. The van der Waals surface area contributed by atoms with Gasteiger partial charge in [-0.25, -0.2) is 9.78 Å². The first kappa shape index (κ1) is 13.3. The Labute approximate surface area is 113 Å². The maximum Gasteiger partial charge on any atom is 0.330 e. The number of rotatable bonds is 5. The van der Waals surface area contributed by atoms with E-state index in [4.69, 9.17) is 5.73 Å². The van der Waals surface area contributed by atoms with Crippen LogP contribution in [0.1, 0.15) is 18.4 Å². The minimum atomic E-state index is -0.508. The molecule has 0 spiro atoms. The Balaban J connectivity index is 2.31. The SMILES string of the molecule is CCCn1c(N)c(NCc2nccs2)c(=O)[nH]c1=O. The van der Waals surface area contributed by atoms with Gasteiger partial charge in [-0.05, 0) is 6.42 Å². The molecule has 0 aromatic carbocycles. The van der Waals surface area contributed by atoms with Crippen LogP contribution < -0.4 is 22.3 Å². The zero-order valence-corrected chi connectivity index (χ0v) is 11.3. The molecule has 0 saturated carbocycles. The number of thiazole rings is 1. The monoisotopic (exact) mass is 281 g/mol. The van der Waals surface area contributed by atoms with E-state index in [1.165, 1.54) is 15.9 Å². The molecular formula is C11H15N5O2S. The molecule has 0 aliphatic heterocycles. The average molecular weight is 281 g/mol. The van der Waals surface area contributed by atoms with E-state index in [0.29, 0.717) is 13.1 Å². The fraction of sp³-hybridized carbons (Fsp3) is 0.364. The van der Waals surface area contributed by atoms with Crippen molar-refractivity contribution < 1.29 is 0 Å². The summed E-state index contributed by atoms with van der Waals surface area (Å²) >= 11 is 1.48. The molecule has 0 saturated heterocycles. The first-order valence-corrected chi connectivity index (χ1v) is 6.76. The van der Waals surface area contributed by atoms with Gasteiger partial charge in [0.05, 0.1) is 6.54 Å². The third-order valence-corrected chi connectivity index (χ3v) is 3.37. The van der Waals surface area contributed by atoms with Crippen LogP contribution in [0.3, 0.4) is 0 Å². The topological polar surface area (TPSA) is 106 Å². The van der Waals surface area contributed by atoms with Gasteiger partial charge in [0.15, 0.2) is 0 Å². The number of nitrogens with two attached hydrogens (primary N) is 1. The number of aromatic nitrogens is 3. The molecular weight excluding hydrogens is 266 g/mol. The van der Waals surface area contributed by atoms with Gasteiger partial charge in [0, 0.05) is 18.1 Å². The van der Waals surface area contributed by atoms with Gasteiger partial charge in [-0.3, -0.25) is 14.3 Å². The van der Waals surface area contributed by atoms with E-state index in [2.05, 4.69) is 15.3 Å². The summed E-state index contributed by atoms with van der Waals surface area (Å²) in [7, 11) is 0. The molecule has 19 heavy (non-hydrogen) atoms. The summed E-state index contributed by atoms with van der Waals surface area (Å²) in [6, 6.07) is 0. The van der Waals surface area contributed by atoms with Crippen LogP contribution in [-0.4, -0.2) is 14.5 Å². The lowest BCUT2D eigenvalue weighted by Crippen LogP contribution is -2.34. The van der Waals surface area contributed by atoms with Gasteiger partial charge >= 0.3 is 5.69 Å². The molecule has 0 aliphatic carbocycles. The summed E-state index contributed by atoms with van der Waals surface area (Å²) in [5.41, 5.74) is 5.10. The van der Waals surface area contributed by atoms with Crippen molar-refractivity contribution in [2.45, 2.75) is 26.4 Å². The predicted octanol–water partition coefficient (Wildman–Crippen LogP) is 0.597. The van der Waals surface area contributed by atoms with Crippen LogP contribution in [0.5, 0.6) is 0 Å². The van der Waals surface area contributed by atoms with E-state index >= 15 is 0 Å². The molecule has 7 nitrogen and oxygen atoms in total. The van der Waals surface area contributed by atoms with Crippen molar-refractivity contribution >= 4 is 22.8 Å². The molecule has 2 heterocycles. The maximum atomic E-state index is 11.7. The Bertz CT molecular complexity index is 659. The normalized spacial score (nSPS) is 10.6. The Hall–Kier alpha value is -2.09. The molecule has 8 heteroatoms. The average Bonchev–Trinajstić information content (AvgIpc) is 2.87. The number of hydrogen-bond acceptors (Lipinski definition) is 6. The van der Waals surface area contributed by atoms with Crippen molar-refractivity contribution in [3.8, 4) is 0 Å². The summed E-state index contributed by atoms with van der Waals surface area (Å²) in [5, 5.41) is 5.62. The van der Waals surface area contributed by atoms with Crippen LogP contribution in [0.15, 0.2) is 21.2 Å². The zero-order valence-electron chi connectivity index (χ0n) is 10.5. The molecule has 0 amide bonds. The highest BCUT2D eigenvalue weighted by atomic mass is 32.1. The molecule has 0 unspecified atom stereocenters. The third kappa shape index (κ3) is 2.84. The molecule has 0 aliphatic rings. The Morgan fingerprint density at radius 2 is 2.32 bits per heavy atom. The number of nitrogen functional groups attached to an aromatic ring is 1. The van der Waals surface area contributed by atoms with Crippen molar-refractivity contribution in [3.63, 3.8) is 0 Å². The lowest BCUT2D eigenvalue weighted by Gasteiger charge is -2.12. The van der Waals surface area contributed by atoms with Crippen LogP contribution in [0.2, 0.25) is 0 Å². The highest BCUT2D eigenvalue weighted by Gasteiger charge is 2.11. The van der Waals surface area contributed by atoms with Gasteiger partial charge in [0.25, 0.3) is 5.56 Å². The summed E-state index contributed by atoms with van der Waals surface area (Å²) in [4.78, 5) is 29.7. The van der Waals surface area contributed by atoms with Gasteiger partial charge in [0.1, 0.15) is 16.5 Å². The Kier molecular flexibility index (Phi) is 4.00. The molecule has 0 radical (unpaired) electrons. The minimum Gasteiger partial charge on any atom is -0.383 e. The van der Waals surface area contributed by atoms with E-state index in [1.54, 1.807) is 6.20 Å². The van der Waals surface area contributed by atoms with Crippen LogP contribution >= 0.6 is 11.3 Å². The highest BCUT2D eigenvalue weighted by molar-refractivity contribution is 7.09. The van der Waals surface area contributed by atoms with E-state index in [1.807, 2.05) is 12.3 Å². The standard InChI is InChI=1S/C11H15N5O2S/c1-2-4-16-9(12)8(10(17)15-11(16)18)14-6-7-13-3-5-19-7/h3,5,14H,2,4,6,12H2,1H3,(H,15,17,18). The summed E-state index contributed by atoms with van der Waals surface area (Å²) < 4.78 is 1.35. The second-order valence-corrected chi connectivity index (χ2v) is 4.93. The number of H-pyrrole nitrogens is 1. The lowest BCUT2D eigenvalue weighted by molar-refractivity contribution is 0.642. The maximum absolute atomic E-state index is 11.7. The van der Waals surface area contributed by atoms with E-state index in [9.17, 15) is 9.59 Å². The smallest absolute Gasteiger partial charge is 0.330 e. The Morgan fingerprint density at radius 1 is 1.53 bits per heavy atom. The predicted molar refractivity (Wildman–Crippen MR) is 75.5 cm³/mol.